The van der Waals surface area contributed by atoms with Gasteiger partial charge in [-0.25, -0.2) is 4.39 Å². The summed E-state index contributed by atoms with van der Waals surface area (Å²) in [5.41, 5.74) is -0.326. The van der Waals surface area contributed by atoms with Gasteiger partial charge in [-0.05, 0) is 40.9 Å². The normalized spacial score (nSPS) is 20.9. The molecule has 0 unspecified atom stereocenters. The third-order valence-electron chi connectivity index (χ3n) is 2.71. The van der Waals surface area contributed by atoms with Gasteiger partial charge in [0.1, 0.15) is 0 Å². The molecule has 1 spiro atoms. The Hall–Kier alpha value is -0.900. The van der Waals surface area contributed by atoms with Crippen molar-refractivity contribution in [2.75, 3.05) is 0 Å². The first-order valence-electron chi connectivity index (χ1n) is 4.36. The van der Waals surface area contributed by atoms with E-state index in [1.807, 2.05) is 0 Å². The Morgan fingerprint density at radius 2 is 2.14 bits per heavy atom. The molecule has 1 heterocycles. The van der Waals surface area contributed by atoms with Crippen LogP contribution in [-0.4, -0.2) is 11.4 Å². The molecule has 0 aromatic heterocycles. The summed E-state index contributed by atoms with van der Waals surface area (Å²) < 4.78 is 19.2. The van der Waals surface area contributed by atoms with E-state index in [-0.39, 0.29) is 11.5 Å². The number of rotatable bonds is 0. The number of benzene rings is 1. The lowest BCUT2D eigenvalue weighted by atomic mass is 10.1. The minimum atomic E-state index is -0.704. The maximum atomic E-state index is 13.5. The number of hydrogen-bond acceptors (Lipinski definition) is 2. The Balaban J connectivity index is 2.22. The van der Waals surface area contributed by atoms with Gasteiger partial charge in [-0.1, -0.05) is 0 Å². The lowest BCUT2D eigenvalue weighted by Gasteiger charge is -2.05. The van der Waals surface area contributed by atoms with Crippen LogP contribution < -0.4 is 4.74 Å². The van der Waals surface area contributed by atoms with Crippen LogP contribution in [0.1, 0.15) is 23.2 Å². The van der Waals surface area contributed by atoms with Crippen molar-refractivity contribution in [1.29, 1.82) is 0 Å². The molecule has 0 atom stereocenters. The Morgan fingerprint density at radius 3 is 2.79 bits per heavy atom. The van der Waals surface area contributed by atoms with E-state index in [4.69, 9.17) is 4.74 Å². The third-order valence-corrected chi connectivity index (χ3v) is 3.32. The molecule has 1 fully saturated rings. The lowest BCUT2D eigenvalue weighted by Crippen LogP contribution is -2.21. The average Bonchev–Trinajstić information content (AvgIpc) is 2.87. The van der Waals surface area contributed by atoms with Crippen LogP contribution in [-0.2, 0) is 0 Å². The molecule has 1 aromatic rings. The van der Waals surface area contributed by atoms with Gasteiger partial charge < -0.3 is 4.74 Å². The molecule has 1 saturated carbocycles. The monoisotopic (exact) mass is 256 g/mol. The van der Waals surface area contributed by atoms with Gasteiger partial charge in [0, 0.05) is 0 Å². The zero-order chi connectivity index (χ0) is 9.92. The molecule has 0 N–H and O–H groups in total. The highest BCUT2D eigenvalue weighted by Gasteiger charge is 2.58. The van der Waals surface area contributed by atoms with Crippen LogP contribution in [0.5, 0.6) is 5.75 Å². The third kappa shape index (κ3) is 0.869. The van der Waals surface area contributed by atoms with E-state index in [1.54, 1.807) is 6.07 Å². The van der Waals surface area contributed by atoms with Gasteiger partial charge in [0.25, 0.3) is 0 Å². The average molecular weight is 257 g/mol. The van der Waals surface area contributed by atoms with Crippen LogP contribution in [0, 0.1) is 5.82 Å². The molecule has 3 rings (SSSR count). The Labute approximate surface area is 88.2 Å². The Bertz CT molecular complexity index is 452. The molecule has 0 bridgehead atoms. The number of carbonyl (C=O) groups excluding carboxylic acids is 1. The quantitative estimate of drug-likeness (QED) is 0.714. The summed E-state index contributed by atoms with van der Waals surface area (Å²) in [6.45, 7) is 0. The maximum absolute atomic E-state index is 13.5. The van der Waals surface area contributed by atoms with Crippen LogP contribution in [0.25, 0.3) is 0 Å². The first-order chi connectivity index (χ1) is 6.64. The molecule has 4 heteroatoms. The van der Waals surface area contributed by atoms with Crippen molar-refractivity contribution in [2.45, 2.75) is 18.4 Å². The zero-order valence-electron chi connectivity index (χ0n) is 7.14. The number of carbonyl (C=O) groups is 1. The van der Waals surface area contributed by atoms with Crippen molar-refractivity contribution < 1.29 is 13.9 Å². The summed E-state index contributed by atoms with van der Waals surface area (Å²) >= 11 is 3.06. The smallest absolute Gasteiger partial charge is 0.210 e. The van der Waals surface area contributed by atoms with E-state index in [0.717, 1.165) is 0 Å². The molecule has 1 aliphatic carbocycles. The Morgan fingerprint density at radius 1 is 1.43 bits per heavy atom. The molecule has 1 aliphatic heterocycles. The molecule has 0 saturated heterocycles. The van der Waals surface area contributed by atoms with E-state index in [9.17, 15) is 9.18 Å². The molecule has 0 radical (unpaired) electrons. The zero-order valence-corrected chi connectivity index (χ0v) is 8.73. The highest BCUT2D eigenvalue weighted by atomic mass is 79.9. The minimum Gasteiger partial charge on any atom is -0.475 e. The van der Waals surface area contributed by atoms with Gasteiger partial charge in [-0.15, -0.1) is 0 Å². The number of ether oxygens (including phenoxy) is 1. The van der Waals surface area contributed by atoms with Crippen molar-refractivity contribution >= 4 is 21.7 Å². The largest absolute Gasteiger partial charge is 0.475 e. The van der Waals surface area contributed by atoms with E-state index in [1.165, 1.54) is 6.07 Å². The van der Waals surface area contributed by atoms with Gasteiger partial charge in [0.15, 0.2) is 17.2 Å². The number of Topliss-reactive ketones (excluding diaryl/α,β-unsaturated/α-hetero) is 1. The number of halogens is 2. The predicted molar refractivity (Wildman–Crippen MR) is 51.0 cm³/mol. The summed E-state index contributed by atoms with van der Waals surface area (Å²) in [7, 11) is 0. The summed E-state index contributed by atoms with van der Waals surface area (Å²) in [6, 6.07) is 3.15. The second-order valence-electron chi connectivity index (χ2n) is 3.66. The van der Waals surface area contributed by atoms with E-state index < -0.39 is 11.4 Å². The van der Waals surface area contributed by atoms with Crippen LogP contribution in [0.3, 0.4) is 0 Å². The van der Waals surface area contributed by atoms with Gasteiger partial charge in [-0.2, -0.15) is 0 Å². The molecule has 72 valence electrons. The summed E-state index contributed by atoms with van der Waals surface area (Å²) in [5, 5.41) is 0. The summed E-state index contributed by atoms with van der Waals surface area (Å²) in [5.74, 6) is -0.430. The van der Waals surface area contributed by atoms with Gasteiger partial charge in [0.05, 0.1) is 10.0 Å². The fourth-order valence-electron chi connectivity index (χ4n) is 1.74. The topological polar surface area (TPSA) is 26.3 Å². The standard InChI is InChI=1S/C10H6BrFO2/c11-6-2-1-5-8(7(6)12)14-10(3-4-10)9(5)13/h1-2H,3-4H2. The molecule has 0 amide bonds. The number of ketones is 1. The second kappa shape index (κ2) is 2.37. The van der Waals surface area contributed by atoms with E-state index >= 15 is 0 Å². The predicted octanol–water partition coefficient (Wildman–Crippen LogP) is 2.70. The SMILES string of the molecule is O=C1c2ccc(Br)c(F)c2OC12CC2. The summed E-state index contributed by atoms with van der Waals surface area (Å²) in [6.07, 6.45) is 1.41. The van der Waals surface area contributed by atoms with E-state index in [0.29, 0.717) is 22.9 Å². The van der Waals surface area contributed by atoms with Crippen LogP contribution in [0.15, 0.2) is 16.6 Å². The molecular weight excluding hydrogens is 251 g/mol. The van der Waals surface area contributed by atoms with Crippen molar-refractivity contribution in [2.24, 2.45) is 0 Å². The maximum Gasteiger partial charge on any atom is 0.210 e. The molecule has 2 nitrogen and oxygen atoms in total. The molecule has 1 aromatic carbocycles. The Kier molecular flexibility index (Phi) is 1.42. The number of hydrogen-bond donors (Lipinski definition) is 0. The van der Waals surface area contributed by atoms with Crippen LogP contribution in [0.4, 0.5) is 4.39 Å². The first kappa shape index (κ1) is 8.41. The number of fused-ring (bicyclic) bond motifs is 1. The van der Waals surface area contributed by atoms with Crippen LogP contribution in [0.2, 0.25) is 0 Å². The molecule has 2 aliphatic rings. The lowest BCUT2D eigenvalue weighted by molar-refractivity contribution is 0.0816. The van der Waals surface area contributed by atoms with Gasteiger partial charge >= 0.3 is 0 Å². The van der Waals surface area contributed by atoms with Crippen molar-refractivity contribution in [3.05, 3.63) is 28.0 Å². The van der Waals surface area contributed by atoms with Crippen molar-refractivity contribution in [3.63, 3.8) is 0 Å². The molecule has 14 heavy (non-hydrogen) atoms. The highest BCUT2D eigenvalue weighted by molar-refractivity contribution is 9.10. The fourth-order valence-corrected chi connectivity index (χ4v) is 2.05. The van der Waals surface area contributed by atoms with E-state index in [2.05, 4.69) is 15.9 Å². The van der Waals surface area contributed by atoms with Crippen molar-refractivity contribution in [1.82, 2.24) is 0 Å². The van der Waals surface area contributed by atoms with Crippen molar-refractivity contribution in [3.8, 4) is 5.75 Å². The molecular formula is C10H6BrFO2. The minimum absolute atomic E-state index is 0.0705. The van der Waals surface area contributed by atoms with Gasteiger partial charge in [-0.3, -0.25) is 4.79 Å². The fraction of sp³-hybridized carbons (Fsp3) is 0.300. The van der Waals surface area contributed by atoms with Crippen LogP contribution >= 0.6 is 15.9 Å². The second-order valence-corrected chi connectivity index (χ2v) is 4.52. The summed E-state index contributed by atoms with van der Waals surface area (Å²) in [4.78, 5) is 11.7. The van der Waals surface area contributed by atoms with Gasteiger partial charge in [0.2, 0.25) is 5.78 Å². The first-order valence-corrected chi connectivity index (χ1v) is 5.15. The highest BCUT2D eigenvalue weighted by Crippen LogP contribution is 2.51.